The van der Waals surface area contributed by atoms with E-state index in [9.17, 15) is 4.79 Å². The van der Waals surface area contributed by atoms with Crippen LogP contribution in [0.2, 0.25) is 0 Å². The summed E-state index contributed by atoms with van der Waals surface area (Å²) in [4.78, 5) is 11.0. The second kappa shape index (κ2) is 5.58. The van der Waals surface area contributed by atoms with Crippen molar-refractivity contribution in [3.8, 4) is 22.5 Å². The Kier molecular flexibility index (Phi) is 3.47. The van der Waals surface area contributed by atoms with Crippen molar-refractivity contribution in [1.29, 1.82) is 0 Å². The number of benzene rings is 2. The Bertz CT molecular complexity index is 752. The minimum Gasteiger partial charge on any atom is -0.480 e. The number of carbonyl (C=O) groups is 1. The molecule has 1 heterocycles. The number of aliphatic carboxylic acids is 1. The van der Waals surface area contributed by atoms with E-state index in [4.69, 9.17) is 5.11 Å². The topological polar surface area (TPSA) is 68.0 Å². The molecule has 0 unspecified atom stereocenters. The third-order valence-corrected chi connectivity index (χ3v) is 3.11. The number of rotatable bonds is 4. The van der Waals surface area contributed by atoms with Crippen LogP contribution < -0.4 is 0 Å². The van der Waals surface area contributed by atoms with Crippen molar-refractivity contribution in [3.63, 3.8) is 0 Å². The van der Waals surface area contributed by atoms with Crippen LogP contribution in [0.25, 0.3) is 22.5 Å². The summed E-state index contributed by atoms with van der Waals surface area (Å²) < 4.78 is 1.42. The molecule has 0 saturated heterocycles. The Morgan fingerprint density at radius 3 is 2.10 bits per heavy atom. The second-order valence-electron chi connectivity index (χ2n) is 4.57. The average molecular weight is 279 g/mol. The van der Waals surface area contributed by atoms with E-state index in [1.54, 1.807) is 0 Å². The molecule has 1 aromatic heterocycles. The van der Waals surface area contributed by atoms with E-state index in [1.165, 1.54) is 4.68 Å². The largest absolute Gasteiger partial charge is 0.480 e. The molecule has 0 amide bonds. The molecule has 3 aromatic rings. The molecule has 0 saturated carbocycles. The van der Waals surface area contributed by atoms with E-state index < -0.39 is 5.97 Å². The Morgan fingerprint density at radius 1 is 0.952 bits per heavy atom. The van der Waals surface area contributed by atoms with Crippen molar-refractivity contribution in [2.75, 3.05) is 0 Å². The second-order valence-corrected chi connectivity index (χ2v) is 4.57. The summed E-state index contributed by atoms with van der Waals surface area (Å²) in [5, 5.41) is 17.2. The number of carboxylic acids is 1. The standard InChI is InChI=1S/C16H13N3O2/c20-14(21)11-19-16(13-9-5-2-6-10-13)15(17-18-19)12-7-3-1-4-8-12/h1-10H,11H2,(H,20,21). The highest BCUT2D eigenvalue weighted by atomic mass is 16.4. The van der Waals surface area contributed by atoms with Gasteiger partial charge in [0.25, 0.3) is 0 Å². The Morgan fingerprint density at radius 2 is 1.52 bits per heavy atom. The predicted octanol–water partition coefficient (Wildman–Crippen LogP) is 2.70. The van der Waals surface area contributed by atoms with Crippen molar-refractivity contribution < 1.29 is 9.90 Å². The monoisotopic (exact) mass is 279 g/mol. The van der Waals surface area contributed by atoms with Gasteiger partial charge in [0.1, 0.15) is 12.2 Å². The number of carboxylic acid groups (broad SMARTS) is 1. The molecule has 104 valence electrons. The Hall–Kier alpha value is -2.95. The maximum Gasteiger partial charge on any atom is 0.325 e. The van der Waals surface area contributed by atoms with Crippen molar-refractivity contribution in [3.05, 3.63) is 60.7 Å². The van der Waals surface area contributed by atoms with Crippen LogP contribution in [0.15, 0.2) is 60.7 Å². The summed E-state index contributed by atoms with van der Waals surface area (Å²) in [6, 6.07) is 19.2. The zero-order valence-corrected chi connectivity index (χ0v) is 11.2. The third-order valence-electron chi connectivity index (χ3n) is 3.11. The van der Waals surface area contributed by atoms with E-state index >= 15 is 0 Å². The minimum absolute atomic E-state index is 0.218. The lowest BCUT2D eigenvalue weighted by Gasteiger charge is -2.06. The van der Waals surface area contributed by atoms with Crippen LogP contribution in [-0.2, 0) is 11.3 Å². The van der Waals surface area contributed by atoms with E-state index in [0.29, 0.717) is 11.4 Å². The van der Waals surface area contributed by atoms with Gasteiger partial charge in [0, 0.05) is 11.1 Å². The lowest BCUT2D eigenvalue weighted by molar-refractivity contribution is -0.137. The fourth-order valence-corrected chi connectivity index (χ4v) is 2.22. The van der Waals surface area contributed by atoms with Gasteiger partial charge >= 0.3 is 5.97 Å². The van der Waals surface area contributed by atoms with Crippen molar-refractivity contribution in [2.45, 2.75) is 6.54 Å². The molecule has 2 aromatic carbocycles. The molecule has 0 aliphatic carbocycles. The van der Waals surface area contributed by atoms with Crippen molar-refractivity contribution in [1.82, 2.24) is 15.0 Å². The van der Waals surface area contributed by atoms with E-state index in [2.05, 4.69) is 10.3 Å². The highest BCUT2D eigenvalue weighted by Crippen LogP contribution is 2.29. The summed E-state index contributed by atoms with van der Waals surface area (Å²) >= 11 is 0. The molecule has 0 spiro atoms. The summed E-state index contributed by atoms with van der Waals surface area (Å²) in [6.07, 6.45) is 0. The van der Waals surface area contributed by atoms with E-state index in [0.717, 1.165) is 11.1 Å². The Balaban J connectivity index is 2.18. The lowest BCUT2D eigenvalue weighted by atomic mass is 10.0. The van der Waals surface area contributed by atoms with Crippen molar-refractivity contribution in [2.24, 2.45) is 0 Å². The van der Waals surface area contributed by atoms with E-state index in [-0.39, 0.29) is 6.54 Å². The molecule has 0 aliphatic heterocycles. The van der Waals surface area contributed by atoms with Gasteiger partial charge < -0.3 is 5.11 Å². The average Bonchev–Trinajstić information content (AvgIpc) is 2.92. The first-order valence-corrected chi connectivity index (χ1v) is 6.52. The normalized spacial score (nSPS) is 10.5. The van der Waals surface area contributed by atoms with Crippen LogP contribution in [0.4, 0.5) is 0 Å². The maximum atomic E-state index is 11.0. The molecule has 21 heavy (non-hydrogen) atoms. The van der Waals surface area contributed by atoms with Crippen LogP contribution in [0, 0.1) is 0 Å². The predicted molar refractivity (Wildman–Crippen MR) is 78.5 cm³/mol. The van der Waals surface area contributed by atoms with Crippen LogP contribution in [0.1, 0.15) is 0 Å². The fourth-order valence-electron chi connectivity index (χ4n) is 2.22. The van der Waals surface area contributed by atoms with Gasteiger partial charge in [0.15, 0.2) is 0 Å². The minimum atomic E-state index is -0.948. The van der Waals surface area contributed by atoms with Gasteiger partial charge in [-0.05, 0) is 0 Å². The zero-order chi connectivity index (χ0) is 14.7. The number of hydrogen-bond acceptors (Lipinski definition) is 3. The molecule has 5 nitrogen and oxygen atoms in total. The first-order valence-electron chi connectivity index (χ1n) is 6.52. The number of nitrogens with zero attached hydrogens (tertiary/aromatic N) is 3. The van der Waals surface area contributed by atoms with E-state index in [1.807, 2.05) is 60.7 Å². The molecule has 1 N–H and O–H groups in total. The molecule has 0 aliphatic rings. The maximum absolute atomic E-state index is 11.0. The molecule has 5 heteroatoms. The van der Waals surface area contributed by atoms with Crippen molar-refractivity contribution >= 4 is 5.97 Å². The molecular weight excluding hydrogens is 266 g/mol. The summed E-state index contributed by atoms with van der Waals surface area (Å²) in [7, 11) is 0. The summed E-state index contributed by atoms with van der Waals surface area (Å²) in [5.74, 6) is -0.948. The zero-order valence-electron chi connectivity index (χ0n) is 11.2. The third kappa shape index (κ3) is 2.67. The SMILES string of the molecule is O=C(O)Cn1nnc(-c2ccccc2)c1-c1ccccc1. The fraction of sp³-hybridized carbons (Fsp3) is 0.0625. The van der Waals surface area contributed by atoms with Gasteiger partial charge in [-0.15, -0.1) is 5.10 Å². The van der Waals surface area contributed by atoms with Gasteiger partial charge in [-0.25, -0.2) is 4.68 Å². The number of aromatic nitrogens is 3. The van der Waals surface area contributed by atoms with Crippen LogP contribution in [0.5, 0.6) is 0 Å². The van der Waals surface area contributed by atoms with Gasteiger partial charge in [-0.2, -0.15) is 0 Å². The highest BCUT2D eigenvalue weighted by molar-refractivity contribution is 5.79. The van der Waals surface area contributed by atoms with Gasteiger partial charge in [0.2, 0.25) is 0 Å². The van der Waals surface area contributed by atoms with Gasteiger partial charge in [-0.3, -0.25) is 4.79 Å². The molecule has 0 fully saturated rings. The molecule has 3 rings (SSSR count). The summed E-state index contributed by atoms with van der Waals surface area (Å²) in [6.45, 7) is -0.218. The van der Waals surface area contributed by atoms with Crippen LogP contribution >= 0.6 is 0 Å². The smallest absolute Gasteiger partial charge is 0.325 e. The van der Waals surface area contributed by atoms with Gasteiger partial charge in [-0.1, -0.05) is 65.9 Å². The quantitative estimate of drug-likeness (QED) is 0.797. The molecular formula is C16H13N3O2. The summed E-state index contributed by atoms with van der Waals surface area (Å²) in [5.41, 5.74) is 3.20. The first kappa shape index (κ1) is 13.1. The molecule has 0 bridgehead atoms. The molecule has 0 radical (unpaired) electrons. The van der Waals surface area contributed by atoms with Gasteiger partial charge in [0.05, 0.1) is 5.69 Å². The first-order chi connectivity index (χ1) is 10.3. The highest BCUT2D eigenvalue weighted by Gasteiger charge is 2.17. The lowest BCUT2D eigenvalue weighted by Crippen LogP contribution is -2.11. The van der Waals surface area contributed by atoms with Crippen LogP contribution in [0.3, 0.4) is 0 Å². The Labute approximate surface area is 121 Å². The molecule has 0 atom stereocenters. The van der Waals surface area contributed by atoms with Crippen LogP contribution in [-0.4, -0.2) is 26.1 Å². The number of hydrogen-bond donors (Lipinski definition) is 1.